The van der Waals surface area contributed by atoms with Gasteiger partial charge >= 0.3 is 6.03 Å². The molecule has 0 aliphatic heterocycles. The molecule has 6 heteroatoms. The highest BCUT2D eigenvalue weighted by molar-refractivity contribution is 5.94. The molecule has 0 saturated heterocycles. The summed E-state index contributed by atoms with van der Waals surface area (Å²) in [4.78, 5) is 21.7. The van der Waals surface area contributed by atoms with E-state index in [2.05, 4.69) is 5.73 Å². The van der Waals surface area contributed by atoms with E-state index < -0.39 is 18.0 Å². The van der Waals surface area contributed by atoms with Crippen molar-refractivity contribution in [3.8, 4) is 0 Å². The number of aliphatic hydroxyl groups excluding tert-OH is 1. The predicted octanol–water partition coefficient (Wildman–Crippen LogP) is 0.277. The highest BCUT2D eigenvalue weighted by Crippen LogP contribution is 2.06. The maximum absolute atomic E-state index is 11.2. The summed E-state index contributed by atoms with van der Waals surface area (Å²) in [5.74, 6) is -1.12. The van der Waals surface area contributed by atoms with Crippen LogP contribution in [-0.4, -0.2) is 33.4 Å². The van der Waals surface area contributed by atoms with Crippen molar-refractivity contribution in [3.05, 3.63) is 35.9 Å². The molecule has 0 fully saturated rings. The maximum Gasteiger partial charge on any atom is 0.346 e. The molecule has 0 spiro atoms. The van der Waals surface area contributed by atoms with Crippen LogP contribution in [-0.2, 0) is 11.2 Å². The van der Waals surface area contributed by atoms with E-state index in [9.17, 15) is 14.7 Å². The number of aryl methyl sites for hydroxylation is 1. The van der Waals surface area contributed by atoms with Crippen molar-refractivity contribution in [1.29, 1.82) is 0 Å². The van der Waals surface area contributed by atoms with Gasteiger partial charge in [-0.3, -0.25) is 10.0 Å². The molecule has 1 atom stereocenters. The van der Waals surface area contributed by atoms with Gasteiger partial charge in [-0.2, -0.15) is 0 Å². The van der Waals surface area contributed by atoms with E-state index >= 15 is 0 Å². The minimum atomic E-state index is -1.45. The highest BCUT2D eigenvalue weighted by atomic mass is 16.5. The molecule has 0 unspecified atom stereocenters. The van der Waals surface area contributed by atoms with E-state index in [1.807, 2.05) is 30.3 Å². The lowest BCUT2D eigenvalue weighted by Gasteiger charge is -2.14. The molecule has 4 N–H and O–H groups in total. The zero-order valence-corrected chi connectivity index (χ0v) is 9.11. The van der Waals surface area contributed by atoms with Gasteiger partial charge in [-0.1, -0.05) is 30.3 Å². The highest BCUT2D eigenvalue weighted by Gasteiger charge is 2.24. The summed E-state index contributed by atoms with van der Waals surface area (Å²) < 4.78 is 0. The van der Waals surface area contributed by atoms with Crippen LogP contribution in [0.1, 0.15) is 12.0 Å². The van der Waals surface area contributed by atoms with E-state index in [1.54, 1.807) is 0 Å². The summed E-state index contributed by atoms with van der Waals surface area (Å²) in [6.45, 7) is 0. The molecule has 1 aromatic rings. The van der Waals surface area contributed by atoms with Gasteiger partial charge in [0.15, 0.2) is 0 Å². The average Bonchev–Trinajstić information content (AvgIpc) is 2.35. The first-order valence-corrected chi connectivity index (χ1v) is 5.06. The number of nitrogens with two attached hydrogens (primary N) is 1. The Hall–Kier alpha value is -1.92. The summed E-state index contributed by atoms with van der Waals surface area (Å²) in [6, 6.07) is 7.92. The lowest BCUT2D eigenvalue weighted by Crippen LogP contribution is -2.43. The van der Waals surface area contributed by atoms with Gasteiger partial charge in [-0.05, 0) is 18.4 Å². The number of amides is 3. The molecule has 6 nitrogen and oxygen atoms in total. The molecule has 0 bridgehead atoms. The topological polar surface area (TPSA) is 104 Å². The Morgan fingerprint density at radius 1 is 1.29 bits per heavy atom. The van der Waals surface area contributed by atoms with Crippen molar-refractivity contribution in [2.45, 2.75) is 18.9 Å². The third-order valence-corrected chi connectivity index (χ3v) is 2.25. The van der Waals surface area contributed by atoms with Gasteiger partial charge in [0.2, 0.25) is 0 Å². The van der Waals surface area contributed by atoms with Crippen LogP contribution >= 0.6 is 0 Å². The lowest BCUT2D eigenvalue weighted by molar-refractivity contribution is -0.161. The SMILES string of the molecule is NC(=O)N(O)C(=O)[C@@H](O)CCc1ccccc1. The molecule has 17 heavy (non-hydrogen) atoms. The lowest BCUT2D eigenvalue weighted by atomic mass is 10.1. The van der Waals surface area contributed by atoms with Crippen LogP contribution in [0.15, 0.2) is 30.3 Å². The summed E-state index contributed by atoms with van der Waals surface area (Å²) in [6.07, 6.45) is -0.888. The zero-order valence-electron chi connectivity index (χ0n) is 9.11. The van der Waals surface area contributed by atoms with Gasteiger partial charge < -0.3 is 10.8 Å². The average molecular weight is 238 g/mol. The van der Waals surface area contributed by atoms with E-state index in [0.717, 1.165) is 5.56 Å². The second-order valence-electron chi connectivity index (χ2n) is 3.53. The van der Waals surface area contributed by atoms with E-state index in [-0.39, 0.29) is 11.5 Å². The molecule has 92 valence electrons. The number of hydrogen-bond acceptors (Lipinski definition) is 4. The quantitative estimate of drug-likeness (QED) is 0.517. The van der Waals surface area contributed by atoms with Crippen molar-refractivity contribution >= 4 is 11.9 Å². The Morgan fingerprint density at radius 2 is 1.88 bits per heavy atom. The number of imide groups is 1. The maximum atomic E-state index is 11.2. The summed E-state index contributed by atoms with van der Waals surface area (Å²) in [5.41, 5.74) is 5.63. The number of nitrogens with zero attached hydrogens (tertiary/aromatic N) is 1. The number of benzene rings is 1. The first kappa shape index (κ1) is 13.1. The van der Waals surface area contributed by atoms with Crippen LogP contribution in [0.25, 0.3) is 0 Å². The Kier molecular flexibility index (Phi) is 4.62. The summed E-state index contributed by atoms with van der Waals surface area (Å²) >= 11 is 0. The minimum Gasteiger partial charge on any atom is -0.383 e. The molecule has 1 rings (SSSR count). The van der Waals surface area contributed by atoms with Gasteiger partial charge in [-0.25, -0.2) is 4.79 Å². The smallest absolute Gasteiger partial charge is 0.346 e. The second-order valence-corrected chi connectivity index (χ2v) is 3.53. The van der Waals surface area contributed by atoms with Crippen LogP contribution < -0.4 is 5.73 Å². The zero-order chi connectivity index (χ0) is 12.8. The van der Waals surface area contributed by atoms with Gasteiger partial charge in [0.05, 0.1) is 0 Å². The Labute approximate surface area is 98.2 Å². The molecular weight excluding hydrogens is 224 g/mol. The van der Waals surface area contributed by atoms with Crippen molar-refractivity contribution in [2.75, 3.05) is 0 Å². The standard InChI is InChI=1S/C11H14N2O4/c12-11(16)13(17)10(15)9(14)7-6-8-4-2-1-3-5-8/h1-5,9,14,17H,6-7H2,(H2,12,16)/t9-/m0/s1. The fourth-order valence-corrected chi connectivity index (χ4v) is 1.32. The molecule has 1 aromatic carbocycles. The fourth-order valence-electron chi connectivity index (χ4n) is 1.32. The largest absolute Gasteiger partial charge is 0.383 e. The van der Waals surface area contributed by atoms with Crippen LogP contribution in [0.5, 0.6) is 0 Å². The van der Waals surface area contributed by atoms with Crippen LogP contribution in [0.2, 0.25) is 0 Å². The van der Waals surface area contributed by atoms with E-state index in [0.29, 0.717) is 6.42 Å². The Bertz CT molecular complexity index is 394. The van der Waals surface area contributed by atoms with Gasteiger partial charge in [0.1, 0.15) is 6.10 Å². The predicted molar refractivity (Wildman–Crippen MR) is 59.0 cm³/mol. The monoisotopic (exact) mass is 238 g/mol. The third kappa shape index (κ3) is 3.86. The normalized spacial score (nSPS) is 11.9. The molecular formula is C11H14N2O4. The van der Waals surface area contributed by atoms with Gasteiger partial charge in [-0.15, -0.1) is 5.06 Å². The van der Waals surface area contributed by atoms with E-state index in [1.165, 1.54) is 0 Å². The number of carbonyl (C=O) groups is 2. The number of hydrogen-bond donors (Lipinski definition) is 3. The summed E-state index contributed by atoms with van der Waals surface area (Å²) in [5, 5.41) is 18.1. The minimum absolute atomic E-state index is 0.104. The molecule has 3 amide bonds. The fraction of sp³-hybridized carbons (Fsp3) is 0.273. The Morgan fingerprint density at radius 3 is 2.41 bits per heavy atom. The van der Waals surface area contributed by atoms with Crippen molar-refractivity contribution < 1.29 is 19.9 Å². The number of urea groups is 1. The van der Waals surface area contributed by atoms with E-state index in [4.69, 9.17) is 5.21 Å². The molecule has 0 aromatic heterocycles. The molecule has 0 saturated carbocycles. The molecule has 0 aliphatic rings. The number of carbonyl (C=O) groups excluding carboxylic acids is 2. The first-order chi connectivity index (χ1) is 8.02. The molecule has 0 aliphatic carbocycles. The summed E-state index contributed by atoms with van der Waals surface area (Å²) in [7, 11) is 0. The Balaban J connectivity index is 2.47. The number of aliphatic hydroxyl groups is 1. The number of primary amides is 1. The molecule has 0 radical (unpaired) electrons. The number of hydroxylamine groups is 2. The second kappa shape index (κ2) is 5.97. The van der Waals surface area contributed by atoms with Crippen LogP contribution in [0.3, 0.4) is 0 Å². The van der Waals surface area contributed by atoms with Crippen LogP contribution in [0.4, 0.5) is 4.79 Å². The third-order valence-electron chi connectivity index (χ3n) is 2.25. The number of rotatable bonds is 4. The van der Waals surface area contributed by atoms with Gasteiger partial charge in [0, 0.05) is 0 Å². The van der Waals surface area contributed by atoms with Crippen molar-refractivity contribution in [1.82, 2.24) is 5.06 Å². The first-order valence-electron chi connectivity index (χ1n) is 5.06. The van der Waals surface area contributed by atoms with Crippen molar-refractivity contribution in [3.63, 3.8) is 0 Å². The van der Waals surface area contributed by atoms with Gasteiger partial charge in [0.25, 0.3) is 5.91 Å². The molecule has 0 heterocycles. The van der Waals surface area contributed by atoms with Crippen molar-refractivity contribution in [2.24, 2.45) is 5.73 Å². The van der Waals surface area contributed by atoms with Crippen LogP contribution in [0, 0.1) is 0 Å².